The average molecular weight is 517 g/mol. The van der Waals surface area contributed by atoms with Crippen LogP contribution in [0.15, 0.2) is 65.7 Å². The number of fused-ring (bicyclic) bond motifs is 1. The highest BCUT2D eigenvalue weighted by atomic mass is 32.2. The lowest BCUT2D eigenvalue weighted by Gasteiger charge is -2.12. The van der Waals surface area contributed by atoms with Gasteiger partial charge in [-0.2, -0.15) is 0 Å². The number of methoxy groups -OCH3 is 1. The standard InChI is InChI=1S/C24H18F3N3O5S/c1-34-9-10-35-21-13-28-18-7-5-14(11-20(18)29-21)24(31)22-17(26)6-8-19(23(22)27)30-36(32,33)16-4-2-3-15(25)12-16/h2-8,11-13,30H,9-10H2,1H3. The first kappa shape index (κ1) is 25.1. The molecule has 0 aliphatic rings. The highest BCUT2D eigenvalue weighted by Crippen LogP contribution is 2.27. The number of hydrogen-bond acceptors (Lipinski definition) is 7. The number of aromatic nitrogens is 2. The summed E-state index contributed by atoms with van der Waals surface area (Å²) in [5.74, 6) is -4.33. The average Bonchev–Trinajstić information content (AvgIpc) is 2.85. The van der Waals surface area contributed by atoms with Gasteiger partial charge in [-0.1, -0.05) is 6.07 Å². The van der Waals surface area contributed by atoms with Gasteiger partial charge in [0.05, 0.1) is 40.0 Å². The van der Waals surface area contributed by atoms with Crippen molar-refractivity contribution in [1.29, 1.82) is 0 Å². The smallest absolute Gasteiger partial charge is 0.262 e. The molecule has 0 aliphatic carbocycles. The van der Waals surface area contributed by atoms with Crippen molar-refractivity contribution in [3.8, 4) is 5.88 Å². The van der Waals surface area contributed by atoms with Crippen LogP contribution in [0, 0.1) is 17.5 Å². The summed E-state index contributed by atoms with van der Waals surface area (Å²) in [4.78, 5) is 21.0. The normalized spacial score (nSPS) is 11.4. The summed E-state index contributed by atoms with van der Waals surface area (Å²) in [6.45, 7) is 0.528. The van der Waals surface area contributed by atoms with Gasteiger partial charge in [-0.15, -0.1) is 0 Å². The van der Waals surface area contributed by atoms with Gasteiger partial charge >= 0.3 is 0 Å². The van der Waals surface area contributed by atoms with Crippen molar-refractivity contribution < 1.29 is 35.9 Å². The van der Waals surface area contributed by atoms with E-state index in [-0.39, 0.29) is 23.6 Å². The van der Waals surface area contributed by atoms with E-state index in [0.29, 0.717) is 12.1 Å². The lowest BCUT2D eigenvalue weighted by molar-refractivity contribution is 0.103. The number of ketones is 1. The minimum absolute atomic E-state index is 0.117. The van der Waals surface area contributed by atoms with Gasteiger partial charge in [-0.3, -0.25) is 9.52 Å². The Hall–Kier alpha value is -4.03. The van der Waals surface area contributed by atoms with Gasteiger partial charge < -0.3 is 9.47 Å². The lowest BCUT2D eigenvalue weighted by Crippen LogP contribution is -2.16. The summed E-state index contributed by atoms with van der Waals surface area (Å²) < 4.78 is 80.6. The van der Waals surface area contributed by atoms with Crippen molar-refractivity contribution in [2.75, 3.05) is 25.0 Å². The van der Waals surface area contributed by atoms with E-state index in [1.54, 1.807) is 0 Å². The van der Waals surface area contributed by atoms with Gasteiger partial charge in [0.1, 0.15) is 18.2 Å². The van der Waals surface area contributed by atoms with E-state index in [4.69, 9.17) is 9.47 Å². The van der Waals surface area contributed by atoms with Crippen LogP contribution in [0.25, 0.3) is 11.0 Å². The molecule has 36 heavy (non-hydrogen) atoms. The van der Waals surface area contributed by atoms with E-state index < -0.39 is 49.4 Å². The molecule has 0 amide bonds. The molecule has 0 bridgehead atoms. The van der Waals surface area contributed by atoms with E-state index in [0.717, 1.165) is 36.4 Å². The zero-order valence-corrected chi connectivity index (χ0v) is 19.5. The number of hydrogen-bond donors (Lipinski definition) is 1. The third kappa shape index (κ3) is 5.29. The maximum Gasteiger partial charge on any atom is 0.262 e. The minimum atomic E-state index is -4.43. The van der Waals surface area contributed by atoms with Crippen LogP contribution in [0.5, 0.6) is 5.88 Å². The molecule has 0 fully saturated rings. The summed E-state index contributed by atoms with van der Waals surface area (Å²) in [6.07, 6.45) is 1.38. The minimum Gasteiger partial charge on any atom is -0.474 e. The van der Waals surface area contributed by atoms with Crippen molar-refractivity contribution in [2.45, 2.75) is 4.90 Å². The molecule has 1 aromatic heterocycles. The van der Waals surface area contributed by atoms with E-state index in [1.807, 2.05) is 4.72 Å². The number of benzene rings is 3. The molecule has 4 aromatic rings. The topological polar surface area (TPSA) is 107 Å². The van der Waals surface area contributed by atoms with Crippen LogP contribution in [0.3, 0.4) is 0 Å². The van der Waals surface area contributed by atoms with Crippen molar-refractivity contribution in [3.05, 3.63) is 89.4 Å². The molecule has 3 aromatic carbocycles. The Morgan fingerprint density at radius 3 is 2.56 bits per heavy atom. The molecule has 0 atom stereocenters. The van der Waals surface area contributed by atoms with Gasteiger partial charge in [0.15, 0.2) is 11.6 Å². The maximum absolute atomic E-state index is 15.2. The summed E-state index contributed by atoms with van der Waals surface area (Å²) >= 11 is 0. The van der Waals surface area contributed by atoms with Crippen LogP contribution in [0.1, 0.15) is 15.9 Å². The molecule has 8 nitrogen and oxygen atoms in total. The molecule has 0 unspecified atom stereocenters. The predicted molar refractivity (Wildman–Crippen MR) is 124 cm³/mol. The number of ether oxygens (including phenoxy) is 2. The van der Waals surface area contributed by atoms with Crippen LogP contribution >= 0.6 is 0 Å². The van der Waals surface area contributed by atoms with Gasteiger partial charge in [-0.05, 0) is 48.5 Å². The molecule has 0 aliphatic heterocycles. The molecule has 0 saturated carbocycles. The van der Waals surface area contributed by atoms with E-state index in [1.165, 1.54) is 31.5 Å². The lowest BCUT2D eigenvalue weighted by atomic mass is 10.0. The molecular formula is C24H18F3N3O5S. The second-order valence-electron chi connectivity index (χ2n) is 7.43. The number of rotatable bonds is 9. The van der Waals surface area contributed by atoms with E-state index >= 15 is 4.39 Å². The highest BCUT2D eigenvalue weighted by molar-refractivity contribution is 7.92. The molecule has 0 spiro atoms. The summed E-state index contributed by atoms with van der Waals surface area (Å²) in [7, 11) is -2.92. The van der Waals surface area contributed by atoms with Gasteiger partial charge in [0, 0.05) is 12.7 Å². The quantitative estimate of drug-likeness (QED) is 0.263. The Kier molecular flexibility index (Phi) is 7.17. The van der Waals surface area contributed by atoms with Crippen LogP contribution < -0.4 is 9.46 Å². The zero-order valence-electron chi connectivity index (χ0n) is 18.7. The fraction of sp³-hybridized carbons (Fsp3) is 0.125. The number of carbonyl (C=O) groups excluding carboxylic acids is 1. The summed E-state index contributed by atoms with van der Waals surface area (Å²) in [5.41, 5.74) is -1.14. The summed E-state index contributed by atoms with van der Waals surface area (Å²) in [6, 6.07) is 9.66. The number of halogens is 3. The first-order valence-electron chi connectivity index (χ1n) is 10.4. The molecule has 1 N–H and O–H groups in total. The number of sulfonamides is 1. The Morgan fingerprint density at radius 2 is 1.81 bits per heavy atom. The molecule has 0 radical (unpaired) electrons. The SMILES string of the molecule is COCCOc1cnc2ccc(C(=O)c3c(F)ccc(NS(=O)(=O)c4cccc(F)c4)c3F)cc2n1. The molecule has 1 heterocycles. The third-order valence-electron chi connectivity index (χ3n) is 4.99. The van der Waals surface area contributed by atoms with Gasteiger partial charge in [-0.25, -0.2) is 31.6 Å². The molecule has 186 valence electrons. The molecule has 4 rings (SSSR count). The van der Waals surface area contributed by atoms with Crippen LogP contribution in [-0.4, -0.2) is 44.5 Å². The van der Waals surface area contributed by atoms with Gasteiger partial charge in [0.25, 0.3) is 10.0 Å². The Morgan fingerprint density at radius 1 is 1.00 bits per heavy atom. The van der Waals surface area contributed by atoms with Gasteiger partial charge in [0.2, 0.25) is 5.88 Å². The number of nitrogens with one attached hydrogen (secondary N) is 1. The third-order valence-corrected chi connectivity index (χ3v) is 6.35. The van der Waals surface area contributed by atoms with Crippen LogP contribution in [-0.2, 0) is 14.8 Å². The fourth-order valence-corrected chi connectivity index (χ4v) is 4.35. The van der Waals surface area contributed by atoms with Crippen molar-refractivity contribution in [1.82, 2.24) is 9.97 Å². The Labute approximate surface area is 203 Å². The Bertz CT molecular complexity index is 1560. The van der Waals surface area contributed by atoms with Crippen molar-refractivity contribution in [2.24, 2.45) is 0 Å². The maximum atomic E-state index is 15.2. The second kappa shape index (κ2) is 10.3. The largest absolute Gasteiger partial charge is 0.474 e. The molecule has 0 saturated heterocycles. The second-order valence-corrected chi connectivity index (χ2v) is 9.11. The predicted octanol–water partition coefficient (Wildman–Crippen LogP) is 4.10. The summed E-state index contributed by atoms with van der Waals surface area (Å²) in [5, 5.41) is 0. The fourth-order valence-electron chi connectivity index (χ4n) is 3.26. The van der Waals surface area contributed by atoms with E-state index in [2.05, 4.69) is 9.97 Å². The number of carbonyl (C=O) groups is 1. The monoisotopic (exact) mass is 517 g/mol. The van der Waals surface area contributed by atoms with Crippen LogP contribution in [0.2, 0.25) is 0 Å². The van der Waals surface area contributed by atoms with Crippen LogP contribution in [0.4, 0.5) is 18.9 Å². The first-order valence-corrected chi connectivity index (χ1v) is 11.9. The van der Waals surface area contributed by atoms with Crippen molar-refractivity contribution >= 4 is 32.5 Å². The van der Waals surface area contributed by atoms with E-state index in [9.17, 15) is 22.0 Å². The van der Waals surface area contributed by atoms with Crippen molar-refractivity contribution in [3.63, 3.8) is 0 Å². The zero-order chi connectivity index (χ0) is 25.9. The first-order chi connectivity index (χ1) is 17.2. The molecule has 12 heteroatoms. The number of anilines is 1. The molecular weight excluding hydrogens is 499 g/mol. The number of nitrogens with zero attached hydrogens (tertiary/aromatic N) is 2. The highest BCUT2D eigenvalue weighted by Gasteiger charge is 2.25. The Balaban J connectivity index is 1.67.